The number of esters is 1. The number of amides is 2. The van der Waals surface area contributed by atoms with Crippen LogP contribution in [0.5, 0.6) is 0 Å². The quantitative estimate of drug-likeness (QED) is 0.143. The molecule has 34 heavy (non-hydrogen) atoms. The van der Waals surface area contributed by atoms with Gasteiger partial charge in [-0.05, 0) is 5.92 Å². The summed E-state index contributed by atoms with van der Waals surface area (Å²) in [6.07, 6.45) is -2.12. The van der Waals surface area contributed by atoms with E-state index in [1.807, 2.05) is 13.8 Å². The Labute approximate surface area is 203 Å². The average molecular weight is 528 g/mol. The molecule has 0 aromatic carbocycles. The van der Waals surface area contributed by atoms with Gasteiger partial charge in [0.15, 0.2) is 6.10 Å². The first-order valence-electron chi connectivity index (χ1n) is 10.6. The molecule has 0 saturated carbocycles. The van der Waals surface area contributed by atoms with Crippen molar-refractivity contribution in [2.24, 2.45) is 17.1 Å². The minimum Gasteiger partial charge on any atom is -0.469 e. The highest BCUT2D eigenvalue weighted by molar-refractivity contribution is 8.13. The van der Waals surface area contributed by atoms with Crippen LogP contribution in [0.25, 0.3) is 0 Å². The van der Waals surface area contributed by atoms with Crippen molar-refractivity contribution in [2.45, 2.75) is 46.3 Å². The van der Waals surface area contributed by atoms with E-state index in [-0.39, 0.29) is 37.2 Å². The molecule has 0 aliphatic carbocycles. The largest absolute Gasteiger partial charge is 0.478 e. The standard InChI is InChI=1S/C19H34N3O10PS/c1-12(2)14(20)17(25)34-9-8-22-18(26)29-11-31-33(27)30-10-19(3,4)15(32-33)16(24)21-7-6-13(23)28-5/h12,14-15H,6-11,20H2,1-5H3,(H,21,24)(H,22,26)/t14-,15-,33-/m0/s1. The van der Waals surface area contributed by atoms with Gasteiger partial charge >= 0.3 is 19.9 Å². The van der Waals surface area contributed by atoms with E-state index < -0.39 is 50.1 Å². The van der Waals surface area contributed by atoms with Gasteiger partial charge in [0.2, 0.25) is 17.8 Å². The van der Waals surface area contributed by atoms with Gasteiger partial charge in [-0.25, -0.2) is 13.9 Å². The van der Waals surface area contributed by atoms with Gasteiger partial charge in [-0.2, -0.15) is 0 Å². The molecule has 196 valence electrons. The van der Waals surface area contributed by atoms with Crippen LogP contribution >= 0.6 is 19.6 Å². The normalized spacial score (nSPS) is 22.5. The van der Waals surface area contributed by atoms with Crippen molar-refractivity contribution in [1.29, 1.82) is 0 Å². The van der Waals surface area contributed by atoms with E-state index in [0.29, 0.717) is 5.75 Å². The van der Waals surface area contributed by atoms with Gasteiger partial charge in [-0.15, -0.1) is 0 Å². The molecule has 4 N–H and O–H groups in total. The molecule has 1 fully saturated rings. The van der Waals surface area contributed by atoms with E-state index in [2.05, 4.69) is 15.4 Å². The highest BCUT2D eigenvalue weighted by atomic mass is 32.2. The van der Waals surface area contributed by atoms with Gasteiger partial charge in [-0.1, -0.05) is 39.5 Å². The van der Waals surface area contributed by atoms with Crippen LogP contribution in [0.2, 0.25) is 0 Å². The van der Waals surface area contributed by atoms with E-state index in [9.17, 15) is 23.7 Å². The Hall–Kier alpha value is -1.70. The second-order valence-corrected chi connectivity index (χ2v) is 11.1. The van der Waals surface area contributed by atoms with E-state index in [4.69, 9.17) is 24.0 Å². The summed E-state index contributed by atoms with van der Waals surface area (Å²) in [6, 6.07) is -0.582. The van der Waals surface area contributed by atoms with Gasteiger partial charge in [0.25, 0.3) is 0 Å². The number of rotatable bonds is 12. The number of nitrogens with two attached hydrogens (primary N) is 1. The van der Waals surface area contributed by atoms with Gasteiger partial charge in [0.05, 0.1) is 26.2 Å². The molecule has 0 unspecified atom stereocenters. The lowest BCUT2D eigenvalue weighted by Gasteiger charge is -2.39. The molecule has 0 aromatic rings. The number of carbonyl (C=O) groups excluding carboxylic acids is 4. The summed E-state index contributed by atoms with van der Waals surface area (Å²) in [4.78, 5) is 47.2. The lowest BCUT2D eigenvalue weighted by molar-refractivity contribution is -0.144. The van der Waals surface area contributed by atoms with Crippen LogP contribution in [0.15, 0.2) is 0 Å². The number of thioether (sulfide) groups is 1. The Balaban J connectivity index is 2.42. The number of phosphoric acid groups is 1. The highest BCUT2D eigenvalue weighted by Gasteiger charge is 2.49. The zero-order chi connectivity index (χ0) is 25.9. The first kappa shape index (κ1) is 30.3. The summed E-state index contributed by atoms with van der Waals surface area (Å²) < 4.78 is 37.4. The molecule has 1 rings (SSSR count). The smallest absolute Gasteiger partial charge is 0.469 e. The predicted octanol–water partition coefficient (Wildman–Crippen LogP) is 1.16. The highest BCUT2D eigenvalue weighted by Crippen LogP contribution is 2.57. The molecule has 0 radical (unpaired) electrons. The summed E-state index contributed by atoms with van der Waals surface area (Å²) in [5.74, 6) is -0.801. The minimum atomic E-state index is -4.20. The number of hydrogen-bond acceptors (Lipinski definition) is 12. The maximum absolute atomic E-state index is 12.7. The molecule has 0 spiro atoms. The van der Waals surface area contributed by atoms with Crippen molar-refractivity contribution >= 4 is 42.7 Å². The SMILES string of the molecule is COC(=O)CCNC(=O)[C@@H]1O[P@](=O)(OCOC(=O)NCCSC(=O)[C@@H](N)C(C)C)OCC1(C)C. The zero-order valence-corrected chi connectivity index (χ0v) is 21.7. The fraction of sp³-hybridized carbons (Fsp3) is 0.789. The minimum absolute atomic E-state index is 0.00400. The first-order valence-corrected chi connectivity index (χ1v) is 13.0. The number of methoxy groups -OCH3 is 1. The predicted molar refractivity (Wildman–Crippen MR) is 123 cm³/mol. The zero-order valence-electron chi connectivity index (χ0n) is 20.0. The molecule has 1 saturated heterocycles. The second kappa shape index (κ2) is 14.0. The van der Waals surface area contributed by atoms with Crippen molar-refractivity contribution in [3.63, 3.8) is 0 Å². The summed E-state index contributed by atoms with van der Waals surface area (Å²) in [6.45, 7) is 6.26. The third-order valence-corrected chi connectivity index (χ3v) is 6.94. The number of carbonyl (C=O) groups is 4. The molecule has 2 amide bonds. The van der Waals surface area contributed by atoms with E-state index in [1.54, 1.807) is 13.8 Å². The molecule has 15 heteroatoms. The molecule has 1 aliphatic rings. The topological polar surface area (TPSA) is 182 Å². The van der Waals surface area contributed by atoms with Gasteiger partial charge in [-0.3, -0.25) is 23.4 Å². The second-order valence-electron chi connectivity index (χ2n) is 8.35. The van der Waals surface area contributed by atoms with Crippen molar-refractivity contribution in [3.8, 4) is 0 Å². The molecule has 1 aliphatic heterocycles. The van der Waals surface area contributed by atoms with Crippen LogP contribution in [0, 0.1) is 11.3 Å². The van der Waals surface area contributed by atoms with Gasteiger partial charge < -0.3 is 25.8 Å². The monoisotopic (exact) mass is 527 g/mol. The van der Waals surface area contributed by atoms with E-state index in [0.717, 1.165) is 11.8 Å². The first-order chi connectivity index (χ1) is 15.8. The lowest BCUT2D eigenvalue weighted by Crippen LogP contribution is -2.50. The number of alkyl carbamates (subject to hydrolysis) is 1. The van der Waals surface area contributed by atoms with Crippen LogP contribution in [0.3, 0.4) is 0 Å². The average Bonchev–Trinajstić information content (AvgIpc) is 2.77. The van der Waals surface area contributed by atoms with Crippen LogP contribution in [0.1, 0.15) is 34.1 Å². The summed E-state index contributed by atoms with van der Waals surface area (Å²) in [5, 5.41) is 4.74. The van der Waals surface area contributed by atoms with Gasteiger partial charge in [0, 0.05) is 24.3 Å². The summed E-state index contributed by atoms with van der Waals surface area (Å²) in [7, 11) is -2.97. The number of nitrogens with one attached hydrogen (secondary N) is 2. The third-order valence-electron chi connectivity index (χ3n) is 4.64. The van der Waals surface area contributed by atoms with Crippen LogP contribution in [-0.4, -0.2) is 74.6 Å². The van der Waals surface area contributed by atoms with Crippen LogP contribution in [0.4, 0.5) is 4.79 Å². The fourth-order valence-electron chi connectivity index (χ4n) is 2.44. The maximum Gasteiger partial charge on any atom is 0.478 e. The Bertz CT molecular complexity index is 779. The van der Waals surface area contributed by atoms with E-state index in [1.165, 1.54) is 7.11 Å². The van der Waals surface area contributed by atoms with Crippen molar-refractivity contribution in [2.75, 3.05) is 39.4 Å². The number of ether oxygens (including phenoxy) is 2. The van der Waals surface area contributed by atoms with E-state index >= 15 is 0 Å². The Kier molecular flexibility index (Phi) is 12.5. The van der Waals surface area contributed by atoms with Crippen LogP contribution in [-0.2, 0) is 42.0 Å². The third kappa shape index (κ3) is 10.3. The molecule has 13 nitrogen and oxygen atoms in total. The Morgan fingerprint density at radius 2 is 1.88 bits per heavy atom. The lowest BCUT2D eigenvalue weighted by atomic mass is 9.87. The van der Waals surface area contributed by atoms with Crippen molar-refractivity contribution < 1.29 is 46.8 Å². The van der Waals surface area contributed by atoms with Crippen molar-refractivity contribution in [1.82, 2.24) is 10.6 Å². The summed E-state index contributed by atoms with van der Waals surface area (Å²) in [5.41, 5.74) is 4.90. The molecular formula is C19H34N3O10PS. The van der Waals surface area contributed by atoms with Gasteiger partial charge in [0.1, 0.15) is 0 Å². The summed E-state index contributed by atoms with van der Waals surface area (Å²) >= 11 is 0.998. The molecule has 1 heterocycles. The molecular weight excluding hydrogens is 493 g/mol. The maximum atomic E-state index is 12.7. The van der Waals surface area contributed by atoms with Crippen molar-refractivity contribution in [3.05, 3.63) is 0 Å². The molecule has 0 bridgehead atoms. The Morgan fingerprint density at radius 1 is 1.21 bits per heavy atom. The number of hydrogen-bond donors (Lipinski definition) is 3. The Morgan fingerprint density at radius 3 is 2.50 bits per heavy atom. The number of phosphoric ester groups is 1. The molecule has 3 atom stereocenters. The molecule has 0 aromatic heterocycles. The fourth-order valence-corrected chi connectivity index (χ4v) is 4.82. The van der Waals surface area contributed by atoms with Crippen LogP contribution < -0.4 is 16.4 Å².